The second-order valence-electron chi connectivity index (χ2n) is 3.72. The molecule has 0 aliphatic rings. The third-order valence-corrected chi connectivity index (χ3v) is 2.27. The molecule has 20 heavy (non-hydrogen) atoms. The normalized spacial score (nSPS) is 18.9. The molecule has 0 aromatic heterocycles. The van der Waals surface area contributed by atoms with Crippen LogP contribution in [0.4, 0.5) is 57.1 Å². The number of rotatable bonds is 3. The molecule has 13 heteroatoms. The highest BCUT2D eigenvalue weighted by atomic mass is 19.4. The van der Waals surface area contributed by atoms with Crippen LogP contribution in [0.3, 0.4) is 0 Å². The van der Waals surface area contributed by atoms with E-state index < -0.39 is 42.7 Å². The van der Waals surface area contributed by atoms with Crippen molar-refractivity contribution in [1.29, 1.82) is 0 Å². The first-order chi connectivity index (χ1) is 8.25. The van der Waals surface area contributed by atoms with Crippen molar-refractivity contribution in [3.05, 3.63) is 0 Å². The molecule has 1 unspecified atom stereocenters. The van der Waals surface area contributed by atoms with Gasteiger partial charge in [-0.05, 0) is 6.92 Å². The van der Waals surface area contributed by atoms with Crippen molar-refractivity contribution in [2.45, 2.75) is 42.7 Å². The molecule has 0 rings (SSSR count). The molecule has 0 spiro atoms. The van der Waals surface area contributed by atoms with Crippen LogP contribution in [0, 0.1) is 0 Å². The minimum atomic E-state index is -7.67. The zero-order chi connectivity index (χ0) is 17.0. The van der Waals surface area contributed by atoms with Crippen molar-refractivity contribution < 1.29 is 57.1 Å². The summed E-state index contributed by atoms with van der Waals surface area (Å²) in [5.74, 6) is -22.6. The third kappa shape index (κ3) is 2.28. The van der Waals surface area contributed by atoms with Crippen LogP contribution in [-0.4, -0.2) is 35.8 Å². The Hall–Kier alpha value is -0.910. The van der Waals surface area contributed by atoms with Crippen molar-refractivity contribution in [3.63, 3.8) is 0 Å². The fraction of sp³-hybridized carbons (Fsp3) is 1.00. The molecule has 0 saturated carbocycles. The molecule has 0 amide bonds. The summed E-state index contributed by atoms with van der Waals surface area (Å²) in [5.41, 5.74) is -6.32. The zero-order valence-electron chi connectivity index (χ0n) is 8.91. The quantitative estimate of drug-likeness (QED) is 0.654. The highest BCUT2D eigenvalue weighted by Crippen LogP contribution is 2.59. The second kappa shape index (κ2) is 4.29. The molecule has 0 bridgehead atoms. The van der Waals surface area contributed by atoms with Crippen LogP contribution < -0.4 is 0 Å². The van der Waals surface area contributed by atoms with Crippen LogP contribution in [0.15, 0.2) is 0 Å². The van der Waals surface area contributed by atoms with Gasteiger partial charge in [0.2, 0.25) is 0 Å². The third-order valence-electron chi connectivity index (χ3n) is 2.27. The van der Waals surface area contributed by atoms with Gasteiger partial charge in [-0.3, -0.25) is 0 Å². The fourth-order valence-corrected chi connectivity index (χ4v) is 0.848. The van der Waals surface area contributed by atoms with Crippen molar-refractivity contribution in [2.75, 3.05) is 0 Å². The number of hydrogen-bond acceptors (Lipinski definition) is 0. The number of hydrogen-bond donors (Lipinski definition) is 0. The van der Waals surface area contributed by atoms with Crippen LogP contribution >= 0.6 is 0 Å². The Bertz CT molecular complexity index is 320. The summed E-state index contributed by atoms with van der Waals surface area (Å²) in [4.78, 5) is 0. The van der Waals surface area contributed by atoms with E-state index in [0.29, 0.717) is 0 Å². The molecule has 0 nitrogen and oxygen atoms in total. The molecule has 0 aromatic rings. The Morgan fingerprint density at radius 2 is 0.700 bits per heavy atom. The van der Waals surface area contributed by atoms with Gasteiger partial charge in [0.25, 0.3) is 5.67 Å². The first-order valence-corrected chi connectivity index (χ1v) is 4.21. The highest BCUT2D eigenvalue weighted by Gasteiger charge is 2.89. The number of alkyl halides is 13. The predicted octanol–water partition coefficient (Wildman–Crippen LogP) is 4.75. The predicted molar refractivity (Wildman–Crippen MR) is 36.5 cm³/mol. The lowest BCUT2D eigenvalue weighted by Gasteiger charge is -2.39. The van der Waals surface area contributed by atoms with Gasteiger partial charge >= 0.3 is 30.1 Å². The molecule has 0 aliphatic heterocycles. The smallest absolute Gasteiger partial charge is 0.227 e. The molecule has 0 saturated heterocycles. The molecule has 0 N–H and O–H groups in total. The Labute approximate surface area is 101 Å². The summed E-state index contributed by atoms with van der Waals surface area (Å²) in [7, 11) is 0. The van der Waals surface area contributed by atoms with Crippen molar-refractivity contribution >= 4 is 0 Å². The molecular formula is C7H3F13. The van der Waals surface area contributed by atoms with Crippen LogP contribution in [0.1, 0.15) is 6.92 Å². The molecule has 0 aliphatic carbocycles. The molecule has 0 radical (unpaired) electrons. The van der Waals surface area contributed by atoms with Gasteiger partial charge in [-0.1, -0.05) is 0 Å². The van der Waals surface area contributed by atoms with Gasteiger partial charge in [0, 0.05) is 0 Å². The minimum absolute atomic E-state index is 1.27. The maximum Gasteiger partial charge on any atom is 0.460 e. The summed E-state index contributed by atoms with van der Waals surface area (Å²) < 4.78 is 158. The van der Waals surface area contributed by atoms with Crippen LogP contribution in [-0.2, 0) is 0 Å². The maximum atomic E-state index is 12.7. The SMILES string of the molecule is CC(F)(C(F)(F)F)C(F)(F)C(F)(F)C(F)(F)C(F)(F)F. The van der Waals surface area contributed by atoms with Crippen molar-refractivity contribution in [1.82, 2.24) is 0 Å². The first-order valence-electron chi connectivity index (χ1n) is 4.21. The molecular weight excluding hydrogens is 331 g/mol. The molecule has 0 heterocycles. The lowest BCUT2D eigenvalue weighted by Crippen LogP contribution is -2.69. The van der Waals surface area contributed by atoms with Crippen molar-refractivity contribution in [3.8, 4) is 0 Å². The van der Waals surface area contributed by atoms with Gasteiger partial charge in [-0.15, -0.1) is 0 Å². The Kier molecular flexibility index (Phi) is 4.10. The first kappa shape index (κ1) is 19.1. The summed E-state index contributed by atoms with van der Waals surface area (Å²) in [6.45, 7) is -1.27. The van der Waals surface area contributed by atoms with E-state index in [1.54, 1.807) is 0 Å². The van der Waals surface area contributed by atoms with E-state index in [1.807, 2.05) is 0 Å². The highest BCUT2D eigenvalue weighted by molar-refractivity contribution is 5.10. The van der Waals surface area contributed by atoms with Gasteiger partial charge in [0.1, 0.15) is 0 Å². The monoisotopic (exact) mass is 334 g/mol. The van der Waals surface area contributed by atoms with E-state index >= 15 is 0 Å². The molecule has 1 atom stereocenters. The van der Waals surface area contributed by atoms with E-state index in [9.17, 15) is 57.1 Å². The summed E-state index contributed by atoms with van der Waals surface area (Å²) in [6.07, 6.45) is -14.1. The van der Waals surface area contributed by atoms with E-state index in [0.717, 1.165) is 0 Å². The Balaban J connectivity index is 6.08. The van der Waals surface area contributed by atoms with Crippen LogP contribution in [0.25, 0.3) is 0 Å². The van der Waals surface area contributed by atoms with Gasteiger partial charge in [-0.2, -0.15) is 52.7 Å². The average Bonchev–Trinajstić information content (AvgIpc) is 2.12. The van der Waals surface area contributed by atoms with Gasteiger partial charge in [-0.25, -0.2) is 4.39 Å². The van der Waals surface area contributed by atoms with E-state index in [1.165, 1.54) is 0 Å². The van der Waals surface area contributed by atoms with Crippen LogP contribution in [0.5, 0.6) is 0 Å². The summed E-state index contributed by atoms with van der Waals surface area (Å²) >= 11 is 0. The second-order valence-corrected chi connectivity index (χ2v) is 3.72. The lowest BCUT2D eigenvalue weighted by molar-refractivity contribution is -0.429. The van der Waals surface area contributed by atoms with Gasteiger partial charge in [0.15, 0.2) is 0 Å². The van der Waals surface area contributed by atoms with Crippen molar-refractivity contribution in [2.24, 2.45) is 0 Å². The van der Waals surface area contributed by atoms with E-state index in [4.69, 9.17) is 0 Å². The molecule has 0 aromatic carbocycles. The van der Waals surface area contributed by atoms with E-state index in [-0.39, 0.29) is 0 Å². The van der Waals surface area contributed by atoms with E-state index in [2.05, 4.69) is 0 Å². The lowest BCUT2D eigenvalue weighted by atomic mass is 9.90. The Morgan fingerprint density at radius 1 is 0.400 bits per heavy atom. The maximum absolute atomic E-state index is 12.7. The number of halogens is 13. The fourth-order valence-electron chi connectivity index (χ4n) is 0.848. The minimum Gasteiger partial charge on any atom is -0.227 e. The topological polar surface area (TPSA) is 0 Å². The van der Waals surface area contributed by atoms with Crippen LogP contribution in [0.2, 0.25) is 0 Å². The largest absolute Gasteiger partial charge is 0.460 e. The molecule has 0 fully saturated rings. The summed E-state index contributed by atoms with van der Waals surface area (Å²) in [6, 6.07) is 0. The zero-order valence-corrected chi connectivity index (χ0v) is 8.91. The van der Waals surface area contributed by atoms with Gasteiger partial charge in [0.05, 0.1) is 0 Å². The average molecular weight is 334 g/mol. The summed E-state index contributed by atoms with van der Waals surface area (Å²) in [5, 5.41) is 0. The van der Waals surface area contributed by atoms with Gasteiger partial charge < -0.3 is 0 Å². The standard InChI is InChI=1S/C7H3F13/c1-2(8,6(15,16)17)3(9,10)4(11,12)5(13,14)7(18,19)20/h1H3. The molecule has 122 valence electrons. The Morgan fingerprint density at radius 3 is 0.900 bits per heavy atom.